The van der Waals surface area contributed by atoms with Crippen LogP contribution >= 0.6 is 11.8 Å². The Kier molecular flexibility index (Phi) is 7.43. The summed E-state index contributed by atoms with van der Waals surface area (Å²) >= 11 is 1.85. The lowest BCUT2D eigenvalue weighted by molar-refractivity contribution is 0.0697. The van der Waals surface area contributed by atoms with Gasteiger partial charge in [-0.15, -0.1) is 11.8 Å². The van der Waals surface area contributed by atoms with Crippen molar-refractivity contribution in [2.24, 2.45) is 0 Å². The van der Waals surface area contributed by atoms with E-state index in [1.54, 1.807) is 18.3 Å². The average molecular weight is 455 g/mol. The van der Waals surface area contributed by atoms with Gasteiger partial charge in [0.05, 0.1) is 4.75 Å². The number of pyridine rings is 1. The van der Waals surface area contributed by atoms with Crippen LogP contribution in [0.1, 0.15) is 27.9 Å². The Balaban J connectivity index is 1.67. The molecule has 0 aliphatic heterocycles. The zero-order chi connectivity index (χ0) is 22.9. The molecule has 1 aliphatic rings. The summed E-state index contributed by atoms with van der Waals surface area (Å²) < 4.78 is -0.372. The average Bonchev–Trinajstić information content (AvgIpc) is 3.15. The lowest BCUT2D eigenvalue weighted by Crippen LogP contribution is -2.28. The number of rotatable bonds is 9. The molecule has 2 aromatic carbocycles. The number of nitrogens with zero attached hydrogens (tertiary/aromatic N) is 1. The SMILES string of the molecule is O=C(O)c1cccnc1NCCSC(C1=CC=CC=CC1)(c1ccccc1)c1ccccc1. The topological polar surface area (TPSA) is 62.2 Å². The van der Waals surface area contributed by atoms with Crippen LogP contribution in [-0.2, 0) is 4.75 Å². The largest absolute Gasteiger partial charge is 0.478 e. The fourth-order valence-corrected chi connectivity index (χ4v) is 5.53. The molecule has 0 amide bonds. The van der Waals surface area contributed by atoms with Crippen LogP contribution in [-0.4, -0.2) is 28.4 Å². The highest BCUT2D eigenvalue weighted by Crippen LogP contribution is 2.50. The first kappa shape index (κ1) is 22.6. The number of anilines is 1. The first-order chi connectivity index (χ1) is 16.2. The molecule has 166 valence electrons. The Hall–Kier alpha value is -3.57. The number of carbonyl (C=O) groups is 1. The van der Waals surface area contributed by atoms with Gasteiger partial charge in [0.15, 0.2) is 0 Å². The molecule has 0 radical (unpaired) electrons. The number of carboxylic acid groups (broad SMARTS) is 1. The van der Waals surface area contributed by atoms with Gasteiger partial charge in [-0.05, 0) is 35.3 Å². The molecule has 1 aromatic heterocycles. The minimum atomic E-state index is -0.983. The van der Waals surface area contributed by atoms with Crippen molar-refractivity contribution in [2.75, 3.05) is 17.6 Å². The van der Waals surface area contributed by atoms with Crippen molar-refractivity contribution >= 4 is 23.5 Å². The van der Waals surface area contributed by atoms with Crippen LogP contribution in [0, 0.1) is 0 Å². The van der Waals surface area contributed by atoms with E-state index in [4.69, 9.17) is 0 Å². The third-order valence-corrected chi connectivity index (χ3v) is 7.13. The second-order valence-electron chi connectivity index (χ2n) is 7.60. The van der Waals surface area contributed by atoms with Gasteiger partial charge in [0.25, 0.3) is 0 Å². The summed E-state index contributed by atoms with van der Waals surface area (Å²) in [6.07, 6.45) is 13.1. The molecule has 4 nitrogen and oxygen atoms in total. The number of carboxylic acids is 1. The molecular formula is C28H26N2O2S. The summed E-state index contributed by atoms with van der Waals surface area (Å²) in [7, 11) is 0. The third-order valence-electron chi connectivity index (χ3n) is 5.56. The molecule has 0 fully saturated rings. The Morgan fingerprint density at radius 1 is 0.939 bits per heavy atom. The molecule has 5 heteroatoms. The van der Waals surface area contributed by atoms with Crippen molar-refractivity contribution in [3.63, 3.8) is 0 Å². The fourth-order valence-electron chi connectivity index (χ4n) is 4.07. The molecule has 0 bridgehead atoms. The standard InChI is InChI=1S/C28H26N2O2S/c31-27(32)25-18-11-19-29-26(25)30-20-21-33-28(23-14-7-3-8-15-23,24-16-9-4-10-17-24)22-12-5-1-2-6-13-22/h1-12,14-19H,13,20-21H2,(H,29,30)(H,31,32). The first-order valence-corrected chi connectivity index (χ1v) is 11.9. The monoisotopic (exact) mass is 454 g/mol. The second-order valence-corrected chi connectivity index (χ2v) is 8.91. The molecule has 2 N–H and O–H groups in total. The van der Waals surface area contributed by atoms with Crippen molar-refractivity contribution in [3.05, 3.63) is 132 Å². The molecule has 1 aliphatic carbocycles. The highest BCUT2D eigenvalue weighted by molar-refractivity contribution is 8.00. The number of hydrogen-bond acceptors (Lipinski definition) is 4. The predicted molar refractivity (Wildman–Crippen MR) is 137 cm³/mol. The van der Waals surface area contributed by atoms with Crippen LogP contribution in [0.5, 0.6) is 0 Å². The quantitative estimate of drug-likeness (QED) is 0.371. The van der Waals surface area contributed by atoms with E-state index in [9.17, 15) is 9.90 Å². The Morgan fingerprint density at radius 3 is 2.30 bits per heavy atom. The zero-order valence-electron chi connectivity index (χ0n) is 18.2. The van der Waals surface area contributed by atoms with Gasteiger partial charge in [0.1, 0.15) is 11.4 Å². The molecule has 1 heterocycles. The van der Waals surface area contributed by atoms with Crippen LogP contribution in [0.4, 0.5) is 5.82 Å². The predicted octanol–water partition coefficient (Wildman–Crippen LogP) is 6.31. The lowest BCUT2D eigenvalue weighted by atomic mass is 9.82. The summed E-state index contributed by atoms with van der Waals surface area (Å²) in [4.78, 5) is 15.7. The van der Waals surface area contributed by atoms with Gasteiger partial charge < -0.3 is 10.4 Å². The number of aromatic nitrogens is 1. The molecule has 33 heavy (non-hydrogen) atoms. The molecule has 0 saturated heterocycles. The van der Waals surface area contributed by atoms with Gasteiger partial charge in [-0.1, -0.05) is 91.0 Å². The van der Waals surface area contributed by atoms with E-state index in [1.807, 2.05) is 23.9 Å². The highest BCUT2D eigenvalue weighted by atomic mass is 32.2. The number of aromatic carboxylic acids is 1. The zero-order valence-corrected chi connectivity index (χ0v) is 19.0. The van der Waals surface area contributed by atoms with Crippen molar-refractivity contribution in [3.8, 4) is 0 Å². The van der Waals surface area contributed by atoms with Crippen LogP contribution in [0.3, 0.4) is 0 Å². The highest BCUT2D eigenvalue weighted by Gasteiger charge is 2.38. The summed E-state index contributed by atoms with van der Waals surface area (Å²) in [6.45, 7) is 0.586. The molecule has 3 aromatic rings. The van der Waals surface area contributed by atoms with Gasteiger partial charge in [-0.2, -0.15) is 0 Å². The molecule has 4 rings (SSSR count). The van der Waals surface area contributed by atoms with Crippen molar-refractivity contribution in [1.29, 1.82) is 0 Å². The number of benzene rings is 2. The van der Waals surface area contributed by atoms with Crippen LogP contribution < -0.4 is 5.32 Å². The van der Waals surface area contributed by atoms with Crippen LogP contribution in [0.15, 0.2) is 115 Å². The third kappa shape index (κ3) is 5.10. The van der Waals surface area contributed by atoms with E-state index in [2.05, 4.69) is 89.2 Å². The number of nitrogens with one attached hydrogen (secondary N) is 1. The first-order valence-electron chi connectivity index (χ1n) is 10.9. The van der Waals surface area contributed by atoms with E-state index in [0.29, 0.717) is 12.4 Å². The minimum absolute atomic E-state index is 0.182. The van der Waals surface area contributed by atoms with Gasteiger partial charge >= 0.3 is 5.97 Å². The Bertz CT molecular complexity index is 1130. The van der Waals surface area contributed by atoms with Gasteiger partial charge in [0, 0.05) is 18.5 Å². The molecular weight excluding hydrogens is 428 g/mol. The summed E-state index contributed by atoms with van der Waals surface area (Å²) in [5.41, 5.74) is 3.93. The summed E-state index contributed by atoms with van der Waals surface area (Å²) in [5.74, 6) is 0.169. The van der Waals surface area contributed by atoms with Gasteiger partial charge in [-0.25, -0.2) is 9.78 Å². The maximum absolute atomic E-state index is 11.5. The van der Waals surface area contributed by atoms with Gasteiger partial charge in [-0.3, -0.25) is 0 Å². The number of allylic oxidation sites excluding steroid dienone is 5. The molecule has 0 spiro atoms. The van der Waals surface area contributed by atoms with Crippen LogP contribution in [0.2, 0.25) is 0 Å². The summed E-state index contributed by atoms with van der Waals surface area (Å²) in [5, 5.41) is 12.7. The molecule has 0 saturated carbocycles. The van der Waals surface area contributed by atoms with Crippen molar-refractivity contribution < 1.29 is 9.90 Å². The van der Waals surface area contributed by atoms with E-state index < -0.39 is 5.97 Å². The van der Waals surface area contributed by atoms with Crippen molar-refractivity contribution in [1.82, 2.24) is 4.98 Å². The second kappa shape index (κ2) is 10.8. The summed E-state index contributed by atoms with van der Waals surface area (Å²) in [6, 6.07) is 24.4. The Morgan fingerprint density at radius 2 is 1.64 bits per heavy atom. The smallest absolute Gasteiger partial charge is 0.339 e. The van der Waals surface area contributed by atoms with Gasteiger partial charge in [0.2, 0.25) is 0 Å². The van der Waals surface area contributed by atoms with E-state index in [-0.39, 0.29) is 10.3 Å². The normalized spacial score (nSPS) is 13.3. The van der Waals surface area contributed by atoms with Crippen molar-refractivity contribution in [2.45, 2.75) is 11.2 Å². The fraction of sp³-hybridized carbons (Fsp3) is 0.143. The van der Waals surface area contributed by atoms with E-state index in [0.717, 1.165) is 12.2 Å². The molecule has 0 atom stereocenters. The number of thioether (sulfide) groups is 1. The maximum atomic E-state index is 11.5. The maximum Gasteiger partial charge on any atom is 0.339 e. The minimum Gasteiger partial charge on any atom is -0.478 e. The Labute approximate surface area is 198 Å². The molecule has 0 unspecified atom stereocenters. The number of hydrogen-bond donors (Lipinski definition) is 2. The van der Waals surface area contributed by atoms with Crippen LogP contribution in [0.25, 0.3) is 0 Å². The van der Waals surface area contributed by atoms with E-state index in [1.165, 1.54) is 16.7 Å². The lowest BCUT2D eigenvalue weighted by Gasteiger charge is -2.37. The van der Waals surface area contributed by atoms with E-state index >= 15 is 0 Å².